The molecule has 0 atom stereocenters. The number of aromatic nitrogens is 2. The Morgan fingerprint density at radius 2 is 1.89 bits per heavy atom. The molecule has 0 radical (unpaired) electrons. The van der Waals surface area contributed by atoms with Crippen LogP contribution < -0.4 is 4.90 Å². The summed E-state index contributed by atoms with van der Waals surface area (Å²) in [7, 11) is 0. The molecular formula is C21H24N4O2. The monoisotopic (exact) mass is 364 g/mol. The third-order valence-corrected chi connectivity index (χ3v) is 4.24. The van der Waals surface area contributed by atoms with Gasteiger partial charge in [0.2, 0.25) is 5.95 Å². The van der Waals surface area contributed by atoms with Crippen LogP contribution in [0.2, 0.25) is 0 Å². The van der Waals surface area contributed by atoms with Crippen LogP contribution in [0, 0.1) is 11.8 Å². The minimum Gasteiger partial charge on any atom is -0.378 e. The van der Waals surface area contributed by atoms with Gasteiger partial charge in [0.25, 0.3) is 5.91 Å². The Balaban J connectivity index is 1.70. The molecule has 140 valence electrons. The van der Waals surface area contributed by atoms with Crippen molar-refractivity contribution >= 4 is 11.9 Å². The second-order valence-corrected chi connectivity index (χ2v) is 7.07. The van der Waals surface area contributed by atoms with Crippen molar-refractivity contribution in [2.45, 2.75) is 25.9 Å². The van der Waals surface area contributed by atoms with Crippen molar-refractivity contribution in [3.63, 3.8) is 0 Å². The summed E-state index contributed by atoms with van der Waals surface area (Å²) in [6.45, 7) is 6.11. The molecule has 1 aliphatic rings. The molecule has 3 rings (SSSR count). The van der Waals surface area contributed by atoms with Gasteiger partial charge in [-0.1, -0.05) is 17.9 Å². The number of amides is 1. The van der Waals surface area contributed by atoms with E-state index < -0.39 is 5.60 Å². The maximum absolute atomic E-state index is 12.9. The molecule has 27 heavy (non-hydrogen) atoms. The Morgan fingerprint density at radius 3 is 2.63 bits per heavy atom. The first kappa shape index (κ1) is 18.9. The summed E-state index contributed by atoms with van der Waals surface area (Å²) in [5.74, 6) is 6.41. The Hall–Kier alpha value is -2.91. The van der Waals surface area contributed by atoms with E-state index in [1.165, 1.54) is 0 Å². The van der Waals surface area contributed by atoms with Gasteiger partial charge in [0, 0.05) is 49.7 Å². The van der Waals surface area contributed by atoms with E-state index in [2.05, 4.69) is 26.7 Å². The molecule has 1 fully saturated rings. The zero-order valence-corrected chi connectivity index (χ0v) is 15.7. The van der Waals surface area contributed by atoms with Crippen LogP contribution in [0.25, 0.3) is 0 Å². The highest BCUT2D eigenvalue weighted by molar-refractivity contribution is 5.94. The van der Waals surface area contributed by atoms with Crippen LogP contribution in [0.3, 0.4) is 0 Å². The highest BCUT2D eigenvalue weighted by atomic mass is 16.3. The lowest BCUT2D eigenvalue weighted by atomic mass is 10.1. The summed E-state index contributed by atoms with van der Waals surface area (Å²) < 4.78 is 0. The summed E-state index contributed by atoms with van der Waals surface area (Å²) >= 11 is 0. The van der Waals surface area contributed by atoms with Crippen LogP contribution in [0.1, 0.15) is 36.2 Å². The number of nitrogens with zero attached hydrogens (tertiary/aromatic N) is 4. The van der Waals surface area contributed by atoms with E-state index in [-0.39, 0.29) is 5.91 Å². The van der Waals surface area contributed by atoms with Gasteiger partial charge in [0.15, 0.2) is 0 Å². The second kappa shape index (κ2) is 8.19. The van der Waals surface area contributed by atoms with E-state index in [0.717, 1.165) is 18.5 Å². The number of carbonyl (C=O) groups excluding carboxylic acids is 1. The minimum absolute atomic E-state index is 0.00209. The molecule has 0 unspecified atom stereocenters. The molecule has 0 saturated carbocycles. The van der Waals surface area contributed by atoms with Crippen LogP contribution in [0.5, 0.6) is 0 Å². The average molecular weight is 364 g/mol. The summed E-state index contributed by atoms with van der Waals surface area (Å²) in [5, 5.41) is 9.75. The molecule has 1 N–H and O–H groups in total. The highest BCUT2D eigenvalue weighted by Gasteiger charge is 2.21. The SMILES string of the molecule is CC(C)(O)C#Cc1cccc(C(=O)N2CCCN(c3ncccn3)CC2)c1. The fraction of sp³-hybridized carbons (Fsp3) is 0.381. The maximum atomic E-state index is 12.9. The zero-order valence-electron chi connectivity index (χ0n) is 15.7. The first-order valence-corrected chi connectivity index (χ1v) is 9.09. The fourth-order valence-electron chi connectivity index (χ4n) is 2.91. The number of anilines is 1. The predicted octanol–water partition coefficient (Wildman–Crippen LogP) is 1.95. The molecule has 6 nitrogen and oxygen atoms in total. The number of benzene rings is 1. The fourth-order valence-corrected chi connectivity index (χ4v) is 2.91. The molecule has 0 bridgehead atoms. The molecule has 1 aromatic carbocycles. The topological polar surface area (TPSA) is 69.6 Å². The van der Waals surface area contributed by atoms with Crippen molar-refractivity contribution in [3.05, 3.63) is 53.9 Å². The Bertz CT molecular complexity index is 850. The van der Waals surface area contributed by atoms with Gasteiger partial charge in [-0.05, 0) is 44.5 Å². The van der Waals surface area contributed by atoms with Gasteiger partial charge in [-0.15, -0.1) is 0 Å². The largest absolute Gasteiger partial charge is 0.378 e. The maximum Gasteiger partial charge on any atom is 0.253 e. The van der Waals surface area contributed by atoms with Crippen molar-refractivity contribution in [1.29, 1.82) is 0 Å². The molecule has 0 aliphatic carbocycles. The van der Waals surface area contributed by atoms with Gasteiger partial charge >= 0.3 is 0 Å². The van der Waals surface area contributed by atoms with E-state index in [0.29, 0.717) is 31.1 Å². The first-order chi connectivity index (χ1) is 12.9. The van der Waals surface area contributed by atoms with Gasteiger partial charge in [-0.25, -0.2) is 9.97 Å². The summed E-state index contributed by atoms with van der Waals surface area (Å²) in [6, 6.07) is 9.05. The van der Waals surface area contributed by atoms with Gasteiger partial charge in [0.1, 0.15) is 5.60 Å². The highest BCUT2D eigenvalue weighted by Crippen LogP contribution is 2.14. The van der Waals surface area contributed by atoms with E-state index in [4.69, 9.17) is 0 Å². The standard InChI is InChI=1S/C21H24N4O2/c1-21(2,27)9-8-17-6-3-7-18(16-17)19(26)24-12-5-13-25(15-14-24)20-22-10-4-11-23-20/h3-4,6-7,10-11,16,27H,5,12-15H2,1-2H3. The van der Waals surface area contributed by atoms with Crippen LogP contribution in [-0.4, -0.2) is 57.7 Å². The third-order valence-electron chi connectivity index (χ3n) is 4.24. The number of hydrogen-bond donors (Lipinski definition) is 1. The van der Waals surface area contributed by atoms with Crippen molar-refractivity contribution in [3.8, 4) is 11.8 Å². The first-order valence-electron chi connectivity index (χ1n) is 9.09. The number of hydrogen-bond acceptors (Lipinski definition) is 5. The normalized spacial score (nSPS) is 14.9. The molecule has 1 amide bonds. The molecule has 2 aromatic rings. The summed E-state index contributed by atoms with van der Waals surface area (Å²) in [6.07, 6.45) is 4.33. The predicted molar refractivity (Wildman–Crippen MR) is 104 cm³/mol. The Labute approximate surface area is 159 Å². The zero-order chi connectivity index (χ0) is 19.3. The molecule has 2 heterocycles. The Morgan fingerprint density at radius 1 is 1.11 bits per heavy atom. The molecule has 0 spiro atoms. The van der Waals surface area contributed by atoms with Gasteiger partial charge in [-0.3, -0.25) is 4.79 Å². The molecule has 1 aliphatic heterocycles. The molecular weight excluding hydrogens is 340 g/mol. The van der Waals surface area contributed by atoms with E-state index >= 15 is 0 Å². The van der Waals surface area contributed by atoms with Gasteiger partial charge < -0.3 is 14.9 Å². The van der Waals surface area contributed by atoms with E-state index in [1.54, 1.807) is 44.4 Å². The lowest BCUT2D eigenvalue weighted by Gasteiger charge is -2.22. The van der Waals surface area contributed by atoms with Crippen LogP contribution in [0.15, 0.2) is 42.7 Å². The average Bonchev–Trinajstić information content (AvgIpc) is 2.92. The lowest BCUT2D eigenvalue weighted by Crippen LogP contribution is -2.35. The number of rotatable bonds is 2. The van der Waals surface area contributed by atoms with Crippen LogP contribution in [0.4, 0.5) is 5.95 Å². The van der Waals surface area contributed by atoms with Crippen molar-refractivity contribution in [2.75, 3.05) is 31.1 Å². The summed E-state index contributed by atoms with van der Waals surface area (Å²) in [4.78, 5) is 25.5. The lowest BCUT2D eigenvalue weighted by molar-refractivity contribution is 0.0767. The molecule has 6 heteroatoms. The van der Waals surface area contributed by atoms with Crippen molar-refractivity contribution in [2.24, 2.45) is 0 Å². The van der Waals surface area contributed by atoms with Gasteiger partial charge in [0.05, 0.1) is 0 Å². The van der Waals surface area contributed by atoms with Crippen LogP contribution >= 0.6 is 0 Å². The summed E-state index contributed by atoms with van der Waals surface area (Å²) in [5.41, 5.74) is 0.271. The van der Waals surface area contributed by atoms with Crippen LogP contribution in [-0.2, 0) is 0 Å². The minimum atomic E-state index is -1.06. The van der Waals surface area contributed by atoms with E-state index in [9.17, 15) is 9.90 Å². The smallest absolute Gasteiger partial charge is 0.253 e. The Kier molecular flexibility index (Phi) is 5.72. The van der Waals surface area contributed by atoms with Crippen molar-refractivity contribution < 1.29 is 9.90 Å². The second-order valence-electron chi connectivity index (χ2n) is 7.07. The number of aliphatic hydroxyl groups is 1. The van der Waals surface area contributed by atoms with E-state index in [1.807, 2.05) is 17.0 Å². The molecule has 1 saturated heterocycles. The molecule has 1 aromatic heterocycles. The van der Waals surface area contributed by atoms with Gasteiger partial charge in [-0.2, -0.15) is 0 Å². The quantitative estimate of drug-likeness (QED) is 0.825. The number of carbonyl (C=O) groups is 1. The van der Waals surface area contributed by atoms with Crippen molar-refractivity contribution in [1.82, 2.24) is 14.9 Å². The third kappa shape index (κ3) is 5.28.